The van der Waals surface area contributed by atoms with E-state index >= 15 is 0 Å². The molecule has 0 rings (SSSR count). The summed E-state index contributed by atoms with van der Waals surface area (Å²) in [4.78, 5) is 24.2. The molecule has 0 bridgehead atoms. The van der Waals surface area contributed by atoms with E-state index in [9.17, 15) is 61.9 Å². The lowest BCUT2D eigenvalue weighted by atomic mass is 9.93. The van der Waals surface area contributed by atoms with E-state index in [1.54, 1.807) is 0 Å². The maximum atomic E-state index is 13.8. The fourth-order valence-corrected chi connectivity index (χ4v) is 2.42. The van der Waals surface area contributed by atoms with E-state index in [0.717, 1.165) is 0 Å². The molecule has 0 aromatic carbocycles. The van der Waals surface area contributed by atoms with E-state index in [0.29, 0.717) is 0 Å². The molecule has 0 aromatic heterocycles. The average Bonchev–Trinajstić information content (AvgIpc) is 2.65. The van der Waals surface area contributed by atoms with Gasteiger partial charge in [0.1, 0.15) is 0 Å². The molecule has 0 aliphatic heterocycles. The van der Waals surface area contributed by atoms with E-state index in [1.807, 2.05) is 0 Å². The molecule has 0 spiro atoms. The zero-order chi connectivity index (χ0) is 29.2. The van der Waals surface area contributed by atoms with E-state index in [4.69, 9.17) is 4.55 Å². The van der Waals surface area contributed by atoms with Crippen LogP contribution in [0.3, 0.4) is 0 Å². The summed E-state index contributed by atoms with van der Waals surface area (Å²) in [5.41, 5.74) is -3.66. The summed E-state index contributed by atoms with van der Waals surface area (Å²) < 4.78 is 176. The zero-order valence-electron chi connectivity index (χ0n) is 18.9. The van der Waals surface area contributed by atoms with Crippen LogP contribution in [-0.4, -0.2) is 67.4 Å². The first-order chi connectivity index (χ1) is 15.7. The third-order valence-electron chi connectivity index (χ3n) is 4.34. The number of carbonyl (C=O) groups excluding carboxylic acids is 2. The van der Waals surface area contributed by atoms with Crippen molar-refractivity contribution in [2.24, 2.45) is 11.3 Å². The number of hydrogen-bond acceptors (Lipinski definition) is 7. The van der Waals surface area contributed by atoms with E-state index in [2.05, 4.69) is 14.2 Å². The highest BCUT2D eigenvalue weighted by Crippen LogP contribution is 2.44. The second-order valence-corrected chi connectivity index (χ2v) is 9.73. The molecule has 214 valence electrons. The lowest BCUT2D eigenvalue weighted by Gasteiger charge is -2.35. The first-order valence-electron chi connectivity index (χ1n) is 9.58. The van der Waals surface area contributed by atoms with Crippen LogP contribution in [0.4, 0.5) is 43.9 Å². The molecule has 0 heterocycles. The zero-order valence-corrected chi connectivity index (χ0v) is 19.7. The van der Waals surface area contributed by atoms with Gasteiger partial charge < -0.3 is 14.2 Å². The number of ether oxygens (including phenoxy) is 3. The number of halogens is 10. The number of esters is 2. The van der Waals surface area contributed by atoms with Gasteiger partial charge in [-0.05, 0) is 26.2 Å². The van der Waals surface area contributed by atoms with Crippen molar-refractivity contribution >= 4 is 22.1 Å². The summed E-state index contributed by atoms with van der Waals surface area (Å²) in [5.74, 6) is -16.5. The molecule has 0 radical (unpaired) electrons. The van der Waals surface area contributed by atoms with Crippen LogP contribution in [0.5, 0.6) is 0 Å². The highest BCUT2D eigenvalue weighted by atomic mass is 32.2. The molecule has 0 aromatic rings. The largest absolute Gasteiger partial charge is 0.468 e. The SMILES string of the molecule is CC(C)COC(=O)C(OCCCC(F)(F)C(F)(F)S(=O)(=O)O)(OC(=O)C(C)(C)C(F)(F)F)C(F)(F)F. The molecule has 0 fully saturated rings. The lowest BCUT2D eigenvalue weighted by Crippen LogP contribution is -2.60. The minimum absolute atomic E-state index is 0.0912. The molecule has 1 unspecified atom stereocenters. The minimum atomic E-state index is -6.68. The number of rotatable bonds is 12. The molecule has 0 saturated heterocycles. The van der Waals surface area contributed by atoms with Crippen LogP contribution in [-0.2, 0) is 33.9 Å². The van der Waals surface area contributed by atoms with Crippen molar-refractivity contribution in [1.29, 1.82) is 0 Å². The Labute approximate surface area is 198 Å². The Bertz CT molecular complexity index is 896. The molecule has 0 saturated carbocycles. The molecule has 19 heteroatoms. The van der Waals surface area contributed by atoms with Gasteiger partial charge in [0.05, 0.1) is 13.2 Å². The van der Waals surface area contributed by atoms with Crippen molar-refractivity contribution in [2.45, 2.75) is 69.9 Å². The van der Waals surface area contributed by atoms with E-state index in [1.165, 1.54) is 13.8 Å². The second kappa shape index (κ2) is 10.8. The van der Waals surface area contributed by atoms with Crippen LogP contribution in [0.25, 0.3) is 0 Å². The summed E-state index contributed by atoms with van der Waals surface area (Å²) in [6.07, 6.45) is -15.6. The Morgan fingerprint density at radius 2 is 1.33 bits per heavy atom. The summed E-state index contributed by atoms with van der Waals surface area (Å²) in [5, 5.41) is -6.08. The third kappa shape index (κ3) is 7.33. The van der Waals surface area contributed by atoms with Gasteiger partial charge in [-0.25, -0.2) is 4.79 Å². The van der Waals surface area contributed by atoms with E-state index < -0.39 is 88.8 Å². The maximum absolute atomic E-state index is 13.8. The van der Waals surface area contributed by atoms with Crippen LogP contribution >= 0.6 is 0 Å². The standard InChI is InChI=1S/C17H22F10O8S/c1-9(2)8-33-11(29)14(16(23,24)25,35-10(28)12(3,4)15(20,21)22)34-7-5-6-13(18,19)17(26,27)36(30,31)32/h9H,5-8H2,1-4H3,(H,30,31,32). The van der Waals surface area contributed by atoms with Crippen molar-refractivity contribution in [1.82, 2.24) is 0 Å². The minimum Gasteiger partial charge on any atom is -0.460 e. The maximum Gasteiger partial charge on any atom is 0.468 e. The third-order valence-corrected chi connectivity index (χ3v) is 5.28. The summed E-state index contributed by atoms with van der Waals surface area (Å²) in [6, 6.07) is 0. The van der Waals surface area contributed by atoms with Gasteiger partial charge >= 0.3 is 51.4 Å². The first kappa shape index (κ1) is 34.1. The highest BCUT2D eigenvalue weighted by Gasteiger charge is 2.70. The molecule has 36 heavy (non-hydrogen) atoms. The van der Waals surface area contributed by atoms with Gasteiger partial charge in [0.2, 0.25) is 0 Å². The van der Waals surface area contributed by atoms with Gasteiger partial charge in [-0.2, -0.15) is 52.3 Å². The number of carbonyl (C=O) groups is 2. The lowest BCUT2D eigenvalue weighted by molar-refractivity contribution is -0.361. The van der Waals surface area contributed by atoms with Crippen molar-refractivity contribution in [3.63, 3.8) is 0 Å². The topological polar surface area (TPSA) is 116 Å². The Morgan fingerprint density at radius 1 is 0.861 bits per heavy atom. The molecule has 0 aliphatic rings. The Morgan fingerprint density at radius 3 is 1.69 bits per heavy atom. The van der Waals surface area contributed by atoms with Gasteiger partial charge in [-0.15, -0.1) is 0 Å². The molecule has 1 atom stereocenters. The highest BCUT2D eigenvalue weighted by molar-refractivity contribution is 7.87. The smallest absolute Gasteiger partial charge is 0.460 e. The second-order valence-electron chi connectivity index (χ2n) is 8.27. The number of alkyl halides is 10. The van der Waals surface area contributed by atoms with Crippen molar-refractivity contribution in [2.75, 3.05) is 13.2 Å². The Hall–Kier alpha value is -1.89. The van der Waals surface area contributed by atoms with Crippen LogP contribution in [0.2, 0.25) is 0 Å². The van der Waals surface area contributed by atoms with Crippen molar-refractivity contribution in [3.05, 3.63) is 0 Å². The van der Waals surface area contributed by atoms with Crippen molar-refractivity contribution < 1.29 is 80.7 Å². The summed E-state index contributed by atoms with van der Waals surface area (Å²) in [6.45, 7) is 0.201. The normalized spacial score (nSPS) is 16.0. The molecular weight excluding hydrogens is 554 g/mol. The Balaban J connectivity index is 6.16. The van der Waals surface area contributed by atoms with Crippen molar-refractivity contribution in [3.8, 4) is 0 Å². The fraction of sp³-hybridized carbons (Fsp3) is 0.882. The predicted octanol–water partition coefficient (Wildman–Crippen LogP) is 4.49. The average molecular weight is 576 g/mol. The molecule has 0 amide bonds. The molecule has 1 N–H and O–H groups in total. The van der Waals surface area contributed by atoms with Gasteiger partial charge in [-0.1, -0.05) is 13.8 Å². The molecule has 0 aliphatic carbocycles. The van der Waals surface area contributed by atoms with E-state index in [-0.39, 0.29) is 13.8 Å². The van der Waals surface area contributed by atoms with Crippen LogP contribution in [0.1, 0.15) is 40.5 Å². The predicted molar refractivity (Wildman–Crippen MR) is 97.1 cm³/mol. The molecule has 8 nitrogen and oxygen atoms in total. The number of hydrogen-bond donors (Lipinski definition) is 1. The van der Waals surface area contributed by atoms with Crippen LogP contribution in [0.15, 0.2) is 0 Å². The molecular formula is C17H22F10O8S. The van der Waals surface area contributed by atoms with Gasteiger partial charge in [0.25, 0.3) is 0 Å². The van der Waals surface area contributed by atoms with Gasteiger partial charge in [0, 0.05) is 6.42 Å². The van der Waals surface area contributed by atoms with Gasteiger partial charge in [-0.3, -0.25) is 9.35 Å². The van der Waals surface area contributed by atoms with Crippen LogP contribution in [0, 0.1) is 11.3 Å². The fourth-order valence-electron chi connectivity index (χ4n) is 1.94. The first-order valence-corrected chi connectivity index (χ1v) is 11.0. The monoisotopic (exact) mass is 576 g/mol. The summed E-state index contributed by atoms with van der Waals surface area (Å²) >= 11 is 0. The van der Waals surface area contributed by atoms with Gasteiger partial charge in [0.15, 0.2) is 5.41 Å². The quantitative estimate of drug-likeness (QED) is 0.119. The summed E-state index contributed by atoms with van der Waals surface area (Å²) in [7, 11) is -6.68. The Kier molecular flexibility index (Phi) is 10.3. The van der Waals surface area contributed by atoms with Crippen LogP contribution < -0.4 is 0 Å².